The minimum atomic E-state index is -4.17. The Bertz CT molecular complexity index is 387. The highest BCUT2D eigenvalue weighted by molar-refractivity contribution is 5.74. The Morgan fingerprint density at radius 1 is 1.27 bits per heavy atom. The van der Waals surface area contributed by atoms with Crippen molar-refractivity contribution in [2.45, 2.75) is 63.8 Å². The third-order valence-electron chi connectivity index (χ3n) is 4.89. The molecule has 1 aliphatic carbocycles. The Morgan fingerprint density at radius 3 is 2.64 bits per heavy atom. The molecule has 4 atom stereocenters. The van der Waals surface area contributed by atoms with Crippen LogP contribution in [0.4, 0.5) is 18.0 Å². The third kappa shape index (κ3) is 4.51. The summed E-state index contributed by atoms with van der Waals surface area (Å²) in [6.45, 7) is 2.78. The molecule has 128 valence electrons. The molecule has 1 aliphatic heterocycles. The highest BCUT2D eigenvalue weighted by atomic mass is 19.4. The van der Waals surface area contributed by atoms with Crippen molar-refractivity contribution < 1.29 is 23.1 Å². The Balaban J connectivity index is 1.86. The lowest BCUT2D eigenvalue weighted by atomic mass is 9.85. The van der Waals surface area contributed by atoms with Crippen LogP contribution in [0.1, 0.15) is 45.4 Å². The number of hydrogen-bond acceptors (Lipinski definition) is 2. The van der Waals surface area contributed by atoms with Gasteiger partial charge in [-0.05, 0) is 39.0 Å². The molecule has 0 aromatic rings. The van der Waals surface area contributed by atoms with E-state index in [2.05, 4.69) is 5.32 Å². The number of carbonyl (C=O) groups is 1. The van der Waals surface area contributed by atoms with E-state index in [1.54, 1.807) is 11.8 Å². The number of rotatable bonds is 2. The van der Waals surface area contributed by atoms with E-state index in [1.807, 2.05) is 0 Å². The molecule has 2 rings (SSSR count). The first-order valence-corrected chi connectivity index (χ1v) is 8.07. The number of piperidine rings is 1. The predicted octanol–water partition coefficient (Wildman–Crippen LogP) is 2.91. The molecule has 0 aromatic carbocycles. The normalized spacial score (nSPS) is 31.7. The van der Waals surface area contributed by atoms with Gasteiger partial charge < -0.3 is 15.3 Å². The number of amides is 2. The molecule has 0 spiro atoms. The Hall–Kier alpha value is -0.980. The molecule has 2 amide bonds. The van der Waals surface area contributed by atoms with Crippen LogP contribution in [-0.4, -0.2) is 47.4 Å². The number of nitrogens with zero attached hydrogens (tertiary/aromatic N) is 1. The first-order chi connectivity index (χ1) is 10.3. The zero-order valence-corrected chi connectivity index (χ0v) is 12.9. The van der Waals surface area contributed by atoms with Crippen molar-refractivity contribution >= 4 is 6.03 Å². The van der Waals surface area contributed by atoms with Crippen LogP contribution in [0, 0.1) is 11.8 Å². The van der Waals surface area contributed by atoms with Gasteiger partial charge in [0.05, 0.1) is 12.0 Å². The fourth-order valence-corrected chi connectivity index (χ4v) is 3.47. The van der Waals surface area contributed by atoms with Crippen molar-refractivity contribution in [3.8, 4) is 0 Å². The summed E-state index contributed by atoms with van der Waals surface area (Å²) in [5.41, 5.74) is 0. The lowest BCUT2D eigenvalue weighted by Crippen LogP contribution is -2.51. The van der Waals surface area contributed by atoms with Gasteiger partial charge in [-0.3, -0.25) is 0 Å². The average Bonchev–Trinajstić information content (AvgIpc) is 2.46. The second-order valence-corrected chi connectivity index (χ2v) is 6.64. The van der Waals surface area contributed by atoms with Gasteiger partial charge in [0, 0.05) is 25.0 Å². The predicted molar refractivity (Wildman–Crippen MR) is 76.3 cm³/mol. The number of halogens is 3. The van der Waals surface area contributed by atoms with Gasteiger partial charge in [-0.15, -0.1) is 0 Å². The van der Waals surface area contributed by atoms with Crippen molar-refractivity contribution in [3.05, 3.63) is 0 Å². The minimum Gasteiger partial charge on any atom is -0.393 e. The third-order valence-corrected chi connectivity index (χ3v) is 4.89. The van der Waals surface area contributed by atoms with E-state index >= 15 is 0 Å². The van der Waals surface area contributed by atoms with Gasteiger partial charge in [-0.1, -0.05) is 6.42 Å². The van der Waals surface area contributed by atoms with Crippen LogP contribution < -0.4 is 5.32 Å². The maximum absolute atomic E-state index is 12.8. The Labute approximate surface area is 129 Å². The first-order valence-electron chi connectivity index (χ1n) is 8.07. The number of carbonyl (C=O) groups excluding carboxylic acids is 1. The van der Waals surface area contributed by atoms with Crippen LogP contribution in [0.25, 0.3) is 0 Å². The van der Waals surface area contributed by atoms with Crippen LogP contribution in [0.2, 0.25) is 0 Å². The van der Waals surface area contributed by atoms with Gasteiger partial charge in [0.1, 0.15) is 0 Å². The summed E-state index contributed by atoms with van der Waals surface area (Å²) < 4.78 is 38.4. The standard InChI is InChI=1S/C15H25F3N2O2/c1-10(21)11-4-3-7-20(9-11)14(22)19-13-6-2-5-12(8-13)15(16,17)18/h10-13,21H,2-9H2,1H3,(H,19,22). The summed E-state index contributed by atoms with van der Waals surface area (Å²) >= 11 is 0. The molecule has 1 saturated heterocycles. The molecule has 2 N–H and O–H groups in total. The van der Waals surface area contributed by atoms with E-state index in [-0.39, 0.29) is 24.8 Å². The fraction of sp³-hybridized carbons (Fsp3) is 0.933. The van der Waals surface area contributed by atoms with Crippen LogP contribution in [0.15, 0.2) is 0 Å². The second kappa shape index (κ2) is 7.06. The van der Waals surface area contributed by atoms with Crippen molar-refractivity contribution in [1.29, 1.82) is 0 Å². The highest BCUT2D eigenvalue weighted by Gasteiger charge is 2.42. The number of aliphatic hydroxyl groups is 1. The number of aliphatic hydroxyl groups excluding tert-OH is 1. The minimum absolute atomic E-state index is 0.0249. The maximum Gasteiger partial charge on any atom is 0.391 e. The molecule has 0 radical (unpaired) electrons. The quantitative estimate of drug-likeness (QED) is 0.821. The van der Waals surface area contributed by atoms with Crippen LogP contribution in [0.3, 0.4) is 0 Å². The van der Waals surface area contributed by atoms with Crippen LogP contribution in [0.5, 0.6) is 0 Å². The highest BCUT2D eigenvalue weighted by Crippen LogP contribution is 2.37. The van der Waals surface area contributed by atoms with E-state index < -0.39 is 24.2 Å². The summed E-state index contributed by atoms with van der Waals surface area (Å²) in [5.74, 6) is -1.26. The molecular formula is C15H25F3N2O2. The summed E-state index contributed by atoms with van der Waals surface area (Å²) in [7, 11) is 0. The summed E-state index contributed by atoms with van der Waals surface area (Å²) in [6.07, 6.45) is -1.73. The molecule has 22 heavy (non-hydrogen) atoms. The van der Waals surface area contributed by atoms with E-state index in [1.165, 1.54) is 0 Å². The van der Waals surface area contributed by atoms with E-state index in [4.69, 9.17) is 0 Å². The molecule has 4 nitrogen and oxygen atoms in total. The number of hydrogen-bond donors (Lipinski definition) is 2. The number of urea groups is 1. The fourth-order valence-electron chi connectivity index (χ4n) is 3.47. The van der Waals surface area contributed by atoms with E-state index in [0.29, 0.717) is 25.9 Å². The first kappa shape index (κ1) is 17.4. The average molecular weight is 322 g/mol. The molecule has 2 fully saturated rings. The van der Waals surface area contributed by atoms with Crippen molar-refractivity contribution in [1.82, 2.24) is 10.2 Å². The smallest absolute Gasteiger partial charge is 0.391 e. The topological polar surface area (TPSA) is 52.6 Å². The van der Waals surface area contributed by atoms with Crippen LogP contribution in [-0.2, 0) is 0 Å². The van der Waals surface area contributed by atoms with Gasteiger partial charge in [0.2, 0.25) is 0 Å². The van der Waals surface area contributed by atoms with Crippen molar-refractivity contribution in [3.63, 3.8) is 0 Å². The van der Waals surface area contributed by atoms with Crippen molar-refractivity contribution in [2.24, 2.45) is 11.8 Å². The number of likely N-dealkylation sites (tertiary alicyclic amines) is 1. The second-order valence-electron chi connectivity index (χ2n) is 6.64. The molecule has 7 heteroatoms. The molecule has 2 aliphatic rings. The lowest BCUT2D eigenvalue weighted by molar-refractivity contribution is -0.183. The monoisotopic (exact) mass is 322 g/mol. The van der Waals surface area contributed by atoms with Gasteiger partial charge in [0.25, 0.3) is 0 Å². The molecule has 1 heterocycles. The van der Waals surface area contributed by atoms with Gasteiger partial charge in [-0.2, -0.15) is 13.2 Å². The largest absolute Gasteiger partial charge is 0.393 e. The lowest BCUT2D eigenvalue weighted by Gasteiger charge is -2.36. The van der Waals surface area contributed by atoms with Crippen LogP contribution >= 0.6 is 0 Å². The molecule has 0 bridgehead atoms. The molecule has 0 aromatic heterocycles. The number of alkyl halides is 3. The summed E-state index contributed by atoms with van der Waals surface area (Å²) in [5, 5.41) is 12.4. The summed E-state index contributed by atoms with van der Waals surface area (Å²) in [4.78, 5) is 13.9. The molecular weight excluding hydrogens is 297 g/mol. The maximum atomic E-state index is 12.8. The zero-order chi connectivity index (χ0) is 16.3. The number of nitrogens with one attached hydrogen (secondary N) is 1. The van der Waals surface area contributed by atoms with E-state index in [9.17, 15) is 23.1 Å². The van der Waals surface area contributed by atoms with Crippen molar-refractivity contribution in [2.75, 3.05) is 13.1 Å². The molecule has 4 unspecified atom stereocenters. The van der Waals surface area contributed by atoms with Gasteiger partial charge in [-0.25, -0.2) is 4.79 Å². The van der Waals surface area contributed by atoms with E-state index in [0.717, 1.165) is 12.8 Å². The summed E-state index contributed by atoms with van der Waals surface area (Å²) in [6, 6.07) is -0.696. The Morgan fingerprint density at radius 2 is 2.00 bits per heavy atom. The Kier molecular flexibility index (Phi) is 5.58. The zero-order valence-electron chi connectivity index (χ0n) is 12.9. The molecule has 1 saturated carbocycles. The SMILES string of the molecule is CC(O)C1CCCN(C(=O)NC2CCCC(C(F)(F)F)C2)C1. The van der Waals surface area contributed by atoms with Gasteiger partial charge in [0.15, 0.2) is 0 Å². The van der Waals surface area contributed by atoms with Gasteiger partial charge >= 0.3 is 12.2 Å².